The van der Waals surface area contributed by atoms with Gasteiger partial charge in [0.1, 0.15) is 5.04 Å². The Labute approximate surface area is 203 Å². The van der Waals surface area contributed by atoms with Crippen LogP contribution in [0.25, 0.3) is 22.5 Å². The zero-order valence-corrected chi connectivity index (χ0v) is 20.4. The Morgan fingerprint density at radius 3 is 2.65 bits per heavy atom. The van der Waals surface area contributed by atoms with Crippen molar-refractivity contribution < 1.29 is 4.79 Å². The summed E-state index contributed by atoms with van der Waals surface area (Å²) in [5.41, 5.74) is 4.31. The molecule has 0 saturated carbocycles. The first-order chi connectivity index (χ1) is 16.5. The molecule has 2 aliphatic rings. The number of amides is 1. The minimum atomic E-state index is -0.385. The van der Waals surface area contributed by atoms with Crippen LogP contribution in [0.1, 0.15) is 49.6 Å². The van der Waals surface area contributed by atoms with Crippen LogP contribution >= 0.6 is 11.8 Å². The molecule has 0 fully saturated rings. The number of unbranched alkanes of at least 4 members (excludes halogenated alkanes) is 2. The molecular formula is C27H27N5OS. The molecule has 0 atom stereocenters. The number of aliphatic imine (C=N–C) groups is 1. The van der Waals surface area contributed by atoms with Crippen LogP contribution in [-0.4, -0.2) is 31.5 Å². The van der Waals surface area contributed by atoms with E-state index >= 15 is 0 Å². The Balaban J connectivity index is 1.47. The van der Waals surface area contributed by atoms with Gasteiger partial charge in [0.2, 0.25) is 5.17 Å². The van der Waals surface area contributed by atoms with E-state index in [1.807, 2.05) is 19.1 Å². The third-order valence-electron chi connectivity index (χ3n) is 6.25. The second-order valence-electron chi connectivity index (χ2n) is 8.66. The van der Waals surface area contributed by atoms with Gasteiger partial charge in [-0.05, 0) is 79.1 Å². The van der Waals surface area contributed by atoms with E-state index in [1.54, 1.807) is 6.08 Å². The molecular weight excluding hydrogens is 442 g/mol. The Bertz CT molecular complexity index is 1410. The molecule has 1 N–H and O–H groups in total. The van der Waals surface area contributed by atoms with Crippen LogP contribution in [0.15, 0.2) is 64.2 Å². The number of hydrazone groups is 1. The Hall–Kier alpha value is -3.45. The smallest absolute Gasteiger partial charge is 0.283 e. The highest BCUT2D eigenvalue weighted by molar-refractivity contribution is 8.26. The molecule has 2 aliphatic heterocycles. The number of carbonyl (C=O) groups is 1. The molecule has 0 aliphatic carbocycles. The van der Waals surface area contributed by atoms with E-state index in [-0.39, 0.29) is 17.3 Å². The largest absolute Gasteiger partial charge is 0.318 e. The van der Waals surface area contributed by atoms with Crippen LogP contribution in [0.3, 0.4) is 0 Å². The molecule has 1 aromatic heterocycles. The first-order valence-corrected chi connectivity index (χ1v) is 12.4. The number of aromatic nitrogens is 1. The fourth-order valence-electron chi connectivity index (χ4n) is 4.46. The average Bonchev–Trinajstić information content (AvgIpc) is 3.36. The van der Waals surface area contributed by atoms with Gasteiger partial charge < -0.3 is 4.57 Å². The van der Waals surface area contributed by atoms with Crippen LogP contribution in [0.2, 0.25) is 0 Å². The molecule has 1 amide bonds. The van der Waals surface area contributed by atoms with Gasteiger partial charge in [-0.3, -0.25) is 10.2 Å². The number of hydrogen-bond donors (Lipinski definition) is 1. The minimum absolute atomic E-state index is 0.0866. The molecule has 0 spiro atoms. The van der Waals surface area contributed by atoms with Crippen molar-refractivity contribution in [1.82, 2.24) is 9.58 Å². The number of hydrogen-bond acceptors (Lipinski definition) is 4. The summed E-state index contributed by atoms with van der Waals surface area (Å²) in [5, 5.41) is 18.5. The number of fused-ring (bicyclic) bond motifs is 2. The number of carbonyl (C=O) groups excluding carboxylic acids is 1. The van der Waals surface area contributed by atoms with Gasteiger partial charge in [-0.2, -0.15) is 15.1 Å². The van der Waals surface area contributed by atoms with Crippen molar-refractivity contribution in [1.29, 1.82) is 5.41 Å². The summed E-state index contributed by atoms with van der Waals surface area (Å²) in [6, 6.07) is 16.8. The molecule has 5 rings (SSSR count). The van der Waals surface area contributed by atoms with Crippen LogP contribution in [-0.2, 0) is 4.79 Å². The van der Waals surface area contributed by atoms with Crippen molar-refractivity contribution in [2.45, 2.75) is 46.5 Å². The number of benzene rings is 2. The monoisotopic (exact) mass is 469 g/mol. The maximum atomic E-state index is 12.8. The fourth-order valence-corrected chi connectivity index (χ4v) is 5.39. The zero-order valence-electron chi connectivity index (χ0n) is 19.6. The Morgan fingerprint density at radius 2 is 1.85 bits per heavy atom. The lowest BCUT2D eigenvalue weighted by atomic mass is 10.1. The summed E-state index contributed by atoms with van der Waals surface area (Å²) in [5.74, 6) is -0.298. The first-order valence-electron chi connectivity index (χ1n) is 11.6. The Kier molecular flexibility index (Phi) is 5.96. The van der Waals surface area contributed by atoms with E-state index in [9.17, 15) is 4.79 Å². The minimum Gasteiger partial charge on any atom is -0.318 e. The first kappa shape index (κ1) is 22.3. The highest BCUT2D eigenvalue weighted by Gasteiger charge is 2.35. The SMILES string of the molecule is CCCCCC1=NN2C(=N)C(=Cc3cc(C)n(-c4ccc5ccccc5c4)c3C)C(=O)N=C2S1. The maximum absolute atomic E-state index is 12.8. The third kappa shape index (κ3) is 4.01. The Morgan fingerprint density at radius 1 is 1.06 bits per heavy atom. The number of nitrogens with one attached hydrogen (secondary N) is 1. The van der Waals surface area contributed by atoms with Crippen molar-refractivity contribution in [3.8, 4) is 5.69 Å². The number of thioether (sulfide) groups is 1. The summed E-state index contributed by atoms with van der Waals surface area (Å²) >= 11 is 1.40. The van der Waals surface area contributed by atoms with Gasteiger partial charge in [0, 0.05) is 17.1 Å². The molecule has 3 heterocycles. The molecule has 7 heteroatoms. The number of nitrogens with zero attached hydrogens (tertiary/aromatic N) is 4. The highest BCUT2D eigenvalue weighted by Crippen LogP contribution is 2.31. The average molecular weight is 470 g/mol. The van der Waals surface area contributed by atoms with Crippen molar-refractivity contribution in [3.05, 3.63) is 71.1 Å². The van der Waals surface area contributed by atoms with Gasteiger partial charge in [-0.15, -0.1) is 0 Å². The normalized spacial score (nSPS) is 16.9. The van der Waals surface area contributed by atoms with E-state index < -0.39 is 0 Å². The molecule has 0 bridgehead atoms. The summed E-state index contributed by atoms with van der Waals surface area (Å²) < 4.78 is 2.18. The maximum Gasteiger partial charge on any atom is 0.283 e. The van der Waals surface area contributed by atoms with Crippen LogP contribution in [0, 0.1) is 19.3 Å². The number of amidine groups is 2. The molecule has 0 radical (unpaired) electrons. The van der Waals surface area contributed by atoms with Gasteiger partial charge in [0.05, 0.1) is 5.57 Å². The van der Waals surface area contributed by atoms with E-state index in [2.05, 4.69) is 64.9 Å². The van der Waals surface area contributed by atoms with E-state index in [1.165, 1.54) is 27.5 Å². The second kappa shape index (κ2) is 9.06. The third-order valence-corrected chi connectivity index (χ3v) is 7.22. The summed E-state index contributed by atoms with van der Waals surface area (Å²) in [7, 11) is 0. The van der Waals surface area contributed by atoms with Crippen molar-refractivity contribution in [3.63, 3.8) is 0 Å². The van der Waals surface area contributed by atoms with Gasteiger partial charge in [0.15, 0.2) is 5.84 Å². The molecule has 0 unspecified atom stereocenters. The van der Waals surface area contributed by atoms with Crippen LogP contribution in [0.5, 0.6) is 0 Å². The van der Waals surface area contributed by atoms with Crippen LogP contribution in [0.4, 0.5) is 0 Å². The summed E-state index contributed by atoms with van der Waals surface area (Å²) in [6.07, 6.45) is 5.96. The number of aryl methyl sites for hydroxylation is 1. The molecule has 172 valence electrons. The summed E-state index contributed by atoms with van der Waals surface area (Å²) in [4.78, 5) is 17.1. The molecule has 2 aromatic carbocycles. The van der Waals surface area contributed by atoms with Crippen molar-refractivity contribution in [2.75, 3.05) is 0 Å². The predicted octanol–water partition coefficient (Wildman–Crippen LogP) is 6.45. The van der Waals surface area contributed by atoms with E-state index in [0.717, 1.165) is 53.4 Å². The second-order valence-corrected chi connectivity index (χ2v) is 9.70. The molecule has 34 heavy (non-hydrogen) atoms. The fraction of sp³-hybridized carbons (Fsp3) is 0.259. The zero-order chi connectivity index (χ0) is 23.8. The van der Waals surface area contributed by atoms with E-state index in [0.29, 0.717) is 5.17 Å². The van der Waals surface area contributed by atoms with Crippen LogP contribution < -0.4 is 0 Å². The quantitative estimate of drug-likeness (QED) is 0.333. The number of rotatable bonds is 6. The lowest BCUT2D eigenvalue weighted by Gasteiger charge is -2.20. The summed E-state index contributed by atoms with van der Waals surface area (Å²) in [6.45, 7) is 6.26. The van der Waals surface area contributed by atoms with Gasteiger partial charge in [-0.25, -0.2) is 0 Å². The highest BCUT2D eigenvalue weighted by atomic mass is 32.2. The topological polar surface area (TPSA) is 73.8 Å². The van der Waals surface area contributed by atoms with E-state index in [4.69, 9.17) is 5.41 Å². The van der Waals surface area contributed by atoms with Gasteiger partial charge in [-0.1, -0.05) is 50.1 Å². The lowest BCUT2D eigenvalue weighted by Crippen LogP contribution is -2.35. The standard InChI is InChI=1S/C27H27N5OS/c1-4-5-6-11-24-30-32-25(28)23(26(33)29-27(32)34-24)16-21-14-17(2)31(18(21)3)22-13-12-19-9-7-8-10-20(19)15-22/h7-10,12-16,28H,4-6,11H2,1-3H3. The van der Waals surface area contributed by atoms with Gasteiger partial charge >= 0.3 is 0 Å². The van der Waals surface area contributed by atoms with Gasteiger partial charge in [0.25, 0.3) is 5.91 Å². The molecule has 0 saturated heterocycles. The van der Waals surface area contributed by atoms with Crippen molar-refractivity contribution >= 4 is 50.6 Å². The predicted molar refractivity (Wildman–Crippen MR) is 142 cm³/mol. The molecule has 3 aromatic rings. The lowest BCUT2D eigenvalue weighted by molar-refractivity contribution is -0.114. The molecule has 6 nitrogen and oxygen atoms in total. The van der Waals surface area contributed by atoms with Crippen molar-refractivity contribution in [2.24, 2.45) is 10.1 Å².